The van der Waals surface area contributed by atoms with Gasteiger partial charge in [-0.25, -0.2) is 0 Å². The number of carbonyl (C=O) groups is 1. The number of aromatic nitrogens is 2. The molecule has 2 N–H and O–H groups in total. The third kappa shape index (κ3) is 3.92. The normalized spacial score (nSPS) is 10.2. The minimum absolute atomic E-state index is 0.0688. The SMILES string of the molecule is COc1ccc(OCC(=O)Nc2cccc(-c3ccn[nH]3)c2)cc1. The summed E-state index contributed by atoms with van der Waals surface area (Å²) in [4.78, 5) is 12.0. The lowest BCUT2D eigenvalue weighted by molar-refractivity contribution is -0.118. The highest BCUT2D eigenvalue weighted by molar-refractivity contribution is 5.92. The van der Waals surface area contributed by atoms with Crippen LogP contribution < -0.4 is 14.8 Å². The fourth-order valence-electron chi connectivity index (χ4n) is 2.20. The van der Waals surface area contributed by atoms with Crippen LogP contribution in [0, 0.1) is 0 Å². The predicted octanol–water partition coefficient (Wildman–Crippen LogP) is 3.10. The number of ether oxygens (including phenoxy) is 2. The van der Waals surface area contributed by atoms with Crippen molar-refractivity contribution >= 4 is 11.6 Å². The Morgan fingerprint density at radius 3 is 2.62 bits per heavy atom. The zero-order chi connectivity index (χ0) is 16.8. The second-order valence-electron chi connectivity index (χ2n) is 5.06. The van der Waals surface area contributed by atoms with Crippen LogP contribution in [0.3, 0.4) is 0 Å². The number of nitrogens with zero attached hydrogens (tertiary/aromatic N) is 1. The van der Waals surface area contributed by atoms with E-state index < -0.39 is 0 Å². The molecule has 0 aliphatic rings. The van der Waals surface area contributed by atoms with Gasteiger partial charge in [0.1, 0.15) is 11.5 Å². The average molecular weight is 323 g/mol. The molecule has 1 aromatic heterocycles. The summed E-state index contributed by atoms with van der Waals surface area (Å²) in [6, 6.07) is 16.4. The number of H-pyrrole nitrogens is 1. The number of anilines is 1. The van der Waals surface area contributed by atoms with E-state index in [0.29, 0.717) is 11.4 Å². The first-order valence-corrected chi connectivity index (χ1v) is 7.41. The number of aromatic amines is 1. The molecule has 2 aromatic carbocycles. The third-order valence-corrected chi connectivity index (χ3v) is 3.39. The van der Waals surface area contributed by atoms with Crippen LogP contribution in [0.1, 0.15) is 0 Å². The molecule has 0 saturated carbocycles. The van der Waals surface area contributed by atoms with Crippen molar-refractivity contribution in [2.75, 3.05) is 19.0 Å². The molecule has 0 radical (unpaired) electrons. The van der Waals surface area contributed by atoms with Crippen molar-refractivity contribution in [1.29, 1.82) is 0 Å². The summed E-state index contributed by atoms with van der Waals surface area (Å²) in [5, 5.41) is 9.63. The van der Waals surface area contributed by atoms with Gasteiger partial charge in [-0.1, -0.05) is 12.1 Å². The van der Waals surface area contributed by atoms with Gasteiger partial charge in [0.15, 0.2) is 6.61 Å². The van der Waals surface area contributed by atoms with Crippen molar-refractivity contribution < 1.29 is 14.3 Å². The maximum Gasteiger partial charge on any atom is 0.262 e. The molecule has 6 nitrogen and oxygen atoms in total. The molecule has 0 aliphatic carbocycles. The monoisotopic (exact) mass is 323 g/mol. The van der Waals surface area contributed by atoms with Crippen LogP contribution in [-0.2, 0) is 4.79 Å². The summed E-state index contributed by atoms with van der Waals surface area (Å²) >= 11 is 0. The zero-order valence-corrected chi connectivity index (χ0v) is 13.2. The Balaban J connectivity index is 1.57. The minimum atomic E-state index is -0.229. The molecule has 0 bridgehead atoms. The highest BCUT2D eigenvalue weighted by Crippen LogP contribution is 2.20. The fraction of sp³-hybridized carbons (Fsp3) is 0.111. The van der Waals surface area contributed by atoms with Gasteiger partial charge in [0, 0.05) is 17.4 Å². The lowest BCUT2D eigenvalue weighted by atomic mass is 10.1. The number of nitrogens with one attached hydrogen (secondary N) is 2. The highest BCUT2D eigenvalue weighted by atomic mass is 16.5. The Hall–Kier alpha value is -3.28. The Labute approximate surface area is 139 Å². The van der Waals surface area contributed by atoms with E-state index in [4.69, 9.17) is 9.47 Å². The van der Waals surface area contributed by atoms with Crippen LogP contribution in [0.4, 0.5) is 5.69 Å². The molecular formula is C18H17N3O3. The van der Waals surface area contributed by atoms with Crippen LogP contribution in [-0.4, -0.2) is 29.8 Å². The molecule has 24 heavy (non-hydrogen) atoms. The Kier molecular flexibility index (Phi) is 4.76. The first-order chi connectivity index (χ1) is 11.7. The van der Waals surface area contributed by atoms with Gasteiger partial charge < -0.3 is 14.8 Å². The van der Waals surface area contributed by atoms with E-state index in [9.17, 15) is 4.79 Å². The minimum Gasteiger partial charge on any atom is -0.497 e. The van der Waals surface area contributed by atoms with Crippen LogP contribution in [0.15, 0.2) is 60.8 Å². The number of hydrogen-bond donors (Lipinski definition) is 2. The quantitative estimate of drug-likeness (QED) is 0.731. The van der Waals surface area contributed by atoms with Gasteiger partial charge in [-0.15, -0.1) is 0 Å². The molecule has 1 heterocycles. The molecule has 0 fully saturated rings. The van der Waals surface area contributed by atoms with E-state index in [-0.39, 0.29) is 12.5 Å². The summed E-state index contributed by atoms with van der Waals surface area (Å²) in [6.45, 7) is -0.0688. The van der Waals surface area contributed by atoms with Gasteiger partial charge in [0.25, 0.3) is 5.91 Å². The largest absolute Gasteiger partial charge is 0.497 e. The van der Waals surface area contributed by atoms with Crippen molar-refractivity contribution in [1.82, 2.24) is 10.2 Å². The smallest absolute Gasteiger partial charge is 0.262 e. The van der Waals surface area contributed by atoms with Crippen molar-refractivity contribution in [3.8, 4) is 22.8 Å². The van der Waals surface area contributed by atoms with Gasteiger partial charge in [-0.2, -0.15) is 5.10 Å². The van der Waals surface area contributed by atoms with Crippen LogP contribution in [0.2, 0.25) is 0 Å². The average Bonchev–Trinajstić information content (AvgIpc) is 3.15. The van der Waals surface area contributed by atoms with Gasteiger partial charge in [-0.05, 0) is 42.5 Å². The van der Waals surface area contributed by atoms with Crippen LogP contribution >= 0.6 is 0 Å². The summed E-state index contributed by atoms with van der Waals surface area (Å²) in [5.41, 5.74) is 2.53. The Morgan fingerprint density at radius 1 is 1.12 bits per heavy atom. The van der Waals surface area contributed by atoms with Gasteiger partial charge in [0.2, 0.25) is 0 Å². The molecule has 6 heteroatoms. The van der Waals surface area contributed by atoms with E-state index in [1.54, 1.807) is 37.6 Å². The fourth-order valence-corrected chi connectivity index (χ4v) is 2.20. The van der Waals surface area contributed by atoms with E-state index in [0.717, 1.165) is 17.0 Å². The second-order valence-corrected chi connectivity index (χ2v) is 5.06. The number of rotatable bonds is 6. The number of methoxy groups -OCH3 is 1. The first kappa shape index (κ1) is 15.6. The van der Waals surface area contributed by atoms with Gasteiger partial charge in [0.05, 0.1) is 12.8 Å². The molecule has 3 aromatic rings. The van der Waals surface area contributed by atoms with Crippen molar-refractivity contribution in [3.63, 3.8) is 0 Å². The maximum absolute atomic E-state index is 12.0. The molecule has 122 valence electrons. The lowest BCUT2D eigenvalue weighted by Gasteiger charge is -2.09. The van der Waals surface area contributed by atoms with Gasteiger partial charge in [-0.3, -0.25) is 9.89 Å². The van der Waals surface area contributed by atoms with E-state index in [2.05, 4.69) is 15.5 Å². The van der Waals surface area contributed by atoms with Crippen molar-refractivity contribution in [2.24, 2.45) is 0 Å². The molecule has 3 rings (SSSR count). The van der Waals surface area contributed by atoms with Crippen LogP contribution in [0.25, 0.3) is 11.3 Å². The van der Waals surface area contributed by atoms with E-state index in [1.807, 2.05) is 30.3 Å². The predicted molar refractivity (Wildman–Crippen MR) is 91.1 cm³/mol. The zero-order valence-electron chi connectivity index (χ0n) is 13.2. The molecule has 0 aliphatic heterocycles. The highest BCUT2D eigenvalue weighted by Gasteiger charge is 2.06. The molecule has 1 amide bonds. The van der Waals surface area contributed by atoms with E-state index >= 15 is 0 Å². The van der Waals surface area contributed by atoms with Crippen molar-refractivity contribution in [3.05, 3.63) is 60.8 Å². The number of benzene rings is 2. The number of amides is 1. The molecule has 0 saturated heterocycles. The molecule has 0 unspecified atom stereocenters. The summed E-state index contributed by atoms with van der Waals surface area (Å²) in [7, 11) is 1.60. The third-order valence-electron chi connectivity index (χ3n) is 3.39. The molecule has 0 spiro atoms. The number of hydrogen-bond acceptors (Lipinski definition) is 4. The topological polar surface area (TPSA) is 76.2 Å². The Bertz CT molecular complexity index is 799. The standard InChI is InChI=1S/C18H17N3O3/c1-23-15-5-7-16(8-6-15)24-12-18(22)20-14-4-2-3-13(11-14)17-9-10-19-21-17/h2-11H,12H2,1H3,(H,19,21)(H,20,22). The van der Waals surface area contributed by atoms with Crippen LogP contribution in [0.5, 0.6) is 11.5 Å². The summed E-state index contributed by atoms with van der Waals surface area (Å²) in [5.74, 6) is 1.12. The van der Waals surface area contributed by atoms with Gasteiger partial charge >= 0.3 is 0 Å². The number of carbonyl (C=O) groups excluding carboxylic acids is 1. The second kappa shape index (κ2) is 7.32. The van der Waals surface area contributed by atoms with E-state index in [1.165, 1.54) is 0 Å². The molecular weight excluding hydrogens is 306 g/mol. The lowest BCUT2D eigenvalue weighted by Crippen LogP contribution is -2.20. The summed E-state index contributed by atoms with van der Waals surface area (Å²) < 4.78 is 10.5. The Morgan fingerprint density at radius 2 is 1.92 bits per heavy atom. The maximum atomic E-state index is 12.0. The summed E-state index contributed by atoms with van der Waals surface area (Å²) in [6.07, 6.45) is 1.68. The van der Waals surface area contributed by atoms with Crippen molar-refractivity contribution in [2.45, 2.75) is 0 Å². The molecule has 0 atom stereocenters. The first-order valence-electron chi connectivity index (χ1n) is 7.41.